The van der Waals surface area contributed by atoms with Gasteiger partial charge in [0.05, 0.1) is 12.6 Å². The quantitative estimate of drug-likeness (QED) is 0.727. The van der Waals surface area contributed by atoms with Gasteiger partial charge in [0.1, 0.15) is 0 Å². The van der Waals surface area contributed by atoms with Gasteiger partial charge in [-0.2, -0.15) is 0 Å². The third-order valence-corrected chi connectivity index (χ3v) is 6.20. The fraction of sp³-hybridized carbons (Fsp3) is 0.667. The highest BCUT2D eigenvalue weighted by Crippen LogP contribution is 2.21. The fourth-order valence-corrected chi connectivity index (χ4v) is 4.60. The van der Waals surface area contributed by atoms with E-state index in [0.717, 1.165) is 50.9 Å². The van der Waals surface area contributed by atoms with Crippen molar-refractivity contribution < 1.29 is 9.59 Å². The minimum atomic E-state index is -0.000926. The number of likely N-dealkylation sites (tertiary alicyclic amines) is 2. The van der Waals surface area contributed by atoms with Gasteiger partial charge in [-0.25, -0.2) is 0 Å². The zero-order chi connectivity index (χ0) is 20.8. The van der Waals surface area contributed by atoms with Crippen LogP contribution in [0.2, 0.25) is 0 Å². The summed E-state index contributed by atoms with van der Waals surface area (Å²) in [6.45, 7) is 9.51. The summed E-state index contributed by atoms with van der Waals surface area (Å²) in [5.41, 5.74) is 2.48. The van der Waals surface area contributed by atoms with Gasteiger partial charge in [-0.3, -0.25) is 14.5 Å². The van der Waals surface area contributed by atoms with E-state index in [4.69, 9.17) is 0 Å². The lowest BCUT2D eigenvalue weighted by Crippen LogP contribution is -2.50. The van der Waals surface area contributed by atoms with E-state index < -0.39 is 0 Å². The van der Waals surface area contributed by atoms with Gasteiger partial charge in [-0.15, -0.1) is 0 Å². The maximum absolute atomic E-state index is 12.7. The van der Waals surface area contributed by atoms with Crippen molar-refractivity contribution in [2.75, 3.05) is 26.2 Å². The standard InChI is InChI=1S/C24H37N3O2/c1-18(2)15-20-9-11-21(12-10-20)19(3)25-23(28)17-26-13-5-4-7-22(26)16-27-14-6-8-24(27)29/h9-12,18-19,22H,4-8,13-17H2,1-3H3,(H,25,28). The van der Waals surface area contributed by atoms with Crippen LogP contribution in [0.4, 0.5) is 0 Å². The van der Waals surface area contributed by atoms with E-state index in [-0.39, 0.29) is 17.9 Å². The highest BCUT2D eigenvalue weighted by atomic mass is 16.2. The molecule has 0 spiro atoms. The Hall–Kier alpha value is -1.88. The Morgan fingerprint density at radius 2 is 1.86 bits per heavy atom. The molecule has 1 aromatic carbocycles. The Morgan fingerprint density at radius 3 is 2.52 bits per heavy atom. The molecule has 2 unspecified atom stereocenters. The van der Waals surface area contributed by atoms with Crippen molar-refractivity contribution in [3.8, 4) is 0 Å². The number of nitrogens with zero attached hydrogens (tertiary/aromatic N) is 2. The first-order chi connectivity index (χ1) is 13.9. The normalized spacial score (nSPS) is 21.6. The molecule has 0 aliphatic carbocycles. The SMILES string of the molecule is CC(C)Cc1ccc(C(C)NC(=O)CN2CCCCC2CN2CCCC2=O)cc1. The summed E-state index contributed by atoms with van der Waals surface area (Å²) in [7, 11) is 0. The molecule has 0 bridgehead atoms. The first kappa shape index (κ1) is 21.8. The number of piperidine rings is 1. The van der Waals surface area contributed by atoms with Crippen LogP contribution in [-0.4, -0.2) is 53.8 Å². The minimum absolute atomic E-state index is 0.000926. The van der Waals surface area contributed by atoms with Gasteiger partial charge in [-0.1, -0.05) is 44.5 Å². The van der Waals surface area contributed by atoms with Crippen LogP contribution in [0.25, 0.3) is 0 Å². The Bertz CT molecular complexity index is 686. The van der Waals surface area contributed by atoms with Crippen molar-refractivity contribution in [3.63, 3.8) is 0 Å². The smallest absolute Gasteiger partial charge is 0.234 e. The molecule has 160 valence electrons. The molecule has 2 fully saturated rings. The van der Waals surface area contributed by atoms with Gasteiger partial charge in [0, 0.05) is 25.6 Å². The topological polar surface area (TPSA) is 52.7 Å². The monoisotopic (exact) mass is 399 g/mol. The van der Waals surface area contributed by atoms with Crippen molar-refractivity contribution in [1.29, 1.82) is 0 Å². The maximum atomic E-state index is 12.7. The van der Waals surface area contributed by atoms with Gasteiger partial charge < -0.3 is 10.2 Å². The average molecular weight is 400 g/mol. The highest BCUT2D eigenvalue weighted by Gasteiger charge is 2.29. The third kappa shape index (κ3) is 6.30. The lowest BCUT2D eigenvalue weighted by Gasteiger charge is -2.37. The lowest BCUT2D eigenvalue weighted by molar-refractivity contribution is -0.128. The number of nitrogens with one attached hydrogen (secondary N) is 1. The van der Waals surface area contributed by atoms with Crippen molar-refractivity contribution in [3.05, 3.63) is 35.4 Å². The summed E-state index contributed by atoms with van der Waals surface area (Å²) in [6, 6.07) is 8.91. The van der Waals surface area contributed by atoms with E-state index in [0.29, 0.717) is 24.9 Å². The molecular weight excluding hydrogens is 362 g/mol. The number of hydrogen-bond acceptors (Lipinski definition) is 3. The largest absolute Gasteiger partial charge is 0.348 e. The third-order valence-electron chi connectivity index (χ3n) is 6.20. The molecule has 29 heavy (non-hydrogen) atoms. The molecule has 5 nitrogen and oxygen atoms in total. The van der Waals surface area contributed by atoms with E-state index in [1.54, 1.807) is 0 Å². The van der Waals surface area contributed by atoms with Gasteiger partial charge in [0.25, 0.3) is 0 Å². The van der Waals surface area contributed by atoms with Crippen molar-refractivity contribution in [1.82, 2.24) is 15.1 Å². The van der Waals surface area contributed by atoms with E-state index in [2.05, 4.69) is 48.3 Å². The maximum Gasteiger partial charge on any atom is 0.234 e. The highest BCUT2D eigenvalue weighted by molar-refractivity contribution is 5.79. The van der Waals surface area contributed by atoms with Crippen LogP contribution in [0, 0.1) is 5.92 Å². The molecule has 2 aliphatic rings. The minimum Gasteiger partial charge on any atom is -0.348 e. The van der Waals surface area contributed by atoms with Crippen LogP contribution < -0.4 is 5.32 Å². The summed E-state index contributed by atoms with van der Waals surface area (Å²) in [6.07, 6.45) is 6.12. The Kier molecular flexibility index (Phi) is 7.70. The van der Waals surface area contributed by atoms with E-state index in [1.165, 1.54) is 12.0 Å². The lowest BCUT2D eigenvalue weighted by atomic mass is 10.00. The van der Waals surface area contributed by atoms with Gasteiger partial charge >= 0.3 is 0 Å². The van der Waals surface area contributed by atoms with E-state index in [1.807, 2.05) is 11.8 Å². The zero-order valence-corrected chi connectivity index (χ0v) is 18.3. The molecule has 0 saturated carbocycles. The molecule has 0 aromatic heterocycles. The second kappa shape index (κ2) is 10.2. The number of carbonyl (C=O) groups is 2. The second-order valence-electron chi connectivity index (χ2n) is 9.19. The summed E-state index contributed by atoms with van der Waals surface area (Å²) < 4.78 is 0. The summed E-state index contributed by atoms with van der Waals surface area (Å²) in [4.78, 5) is 29.0. The number of hydrogen-bond donors (Lipinski definition) is 1. The molecule has 5 heteroatoms. The molecule has 2 amide bonds. The van der Waals surface area contributed by atoms with Crippen LogP contribution in [-0.2, 0) is 16.0 Å². The van der Waals surface area contributed by atoms with Crippen LogP contribution in [0.15, 0.2) is 24.3 Å². The van der Waals surface area contributed by atoms with Gasteiger partial charge in [0.2, 0.25) is 11.8 Å². The molecular formula is C24H37N3O2. The molecule has 1 aromatic rings. The Morgan fingerprint density at radius 1 is 1.10 bits per heavy atom. The van der Waals surface area contributed by atoms with Crippen LogP contribution in [0.1, 0.15) is 70.0 Å². The number of amides is 2. The fourth-order valence-electron chi connectivity index (χ4n) is 4.60. The molecule has 2 heterocycles. The van der Waals surface area contributed by atoms with E-state index in [9.17, 15) is 9.59 Å². The molecule has 1 N–H and O–H groups in total. The molecule has 3 rings (SSSR count). The zero-order valence-electron chi connectivity index (χ0n) is 18.3. The summed E-state index contributed by atoms with van der Waals surface area (Å²) >= 11 is 0. The van der Waals surface area contributed by atoms with Crippen LogP contribution in [0.3, 0.4) is 0 Å². The summed E-state index contributed by atoms with van der Waals surface area (Å²) in [5, 5.41) is 3.17. The van der Waals surface area contributed by atoms with Gasteiger partial charge in [-0.05, 0) is 56.2 Å². The van der Waals surface area contributed by atoms with E-state index >= 15 is 0 Å². The first-order valence-corrected chi connectivity index (χ1v) is 11.3. The number of carbonyl (C=O) groups excluding carboxylic acids is 2. The second-order valence-corrected chi connectivity index (χ2v) is 9.19. The first-order valence-electron chi connectivity index (χ1n) is 11.3. The van der Waals surface area contributed by atoms with Crippen molar-refractivity contribution in [2.24, 2.45) is 5.92 Å². The van der Waals surface area contributed by atoms with Gasteiger partial charge in [0.15, 0.2) is 0 Å². The van der Waals surface area contributed by atoms with Crippen molar-refractivity contribution >= 4 is 11.8 Å². The Balaban J connectivity index is 1.52. The number of rotatable bonds is 8. The van der Waals surface area contributed by atoms with Crippen molar-refractivity contribution in [2.45, 2.75) is 71.4 Å². The average Bonchev–Trinajstić information content (AvgIpc) is 3.08. The molecule has 2 saturated heterocycles. The molecule has 2 aliphatic heterocycles. The predicted octanol–water partition coefficient (Wildman–Crippen LogP) is 3.54. The Labute approximate surface area is 175 Å². The van der Waals surface area contributed by atoms with Crippen LogP contribution >= 0.6 is 0 Å². The molecule has 0 radical (unpaired) electrons. The number of benzene rings is 1. The van der Waals surface area contributed by atoms with Crippen LogP contribution in [0.5, 0.6) is 0 Å². The summed E-state index contributed by atoms with van der Waals surface area (Å²) in [5.74, 6) is 0.990. The predicted molar refractivity (Wildman–Crippen MR) is 117 cm³/mol. The molecule has 2 atom stereocenters.